The van der Waals surface area contributed by atoms with Crippen LogP contribution in [-0.2, 0) is 0 Å². The van der Waals surface area contributed by atoms with Gasteiger partial charge in [0.25, 0.3) is 0 Å². The van der Waals surface area contributed by atoms with Gasteiger partial charge in [-0.25, -0.2) is 4.39 Å². The van der Waals surface area contributed by atoms with Crippen molar-refractivity contribution in [2.45, 2.75) is 6.04 Å². The molecule has 2 N–H and O–H groups in total. The van der Waals surface area contributed by atoms with Gasteiger partial charge in [0.05, 0.1) is 17.6 Å². The van der Waals surface area contributed by atoms with E-state index in [0.717, 1.165) is 5.56 Å². The molecule has 0 radical (unpaired) electrons. The quantitative estimate of drug-likeness (QED) is 0.840. The molecule has 0 amide bonds. The Hall–Kier alpha value is -1.55. The van der Waals surface area contributed by atoms with Crippen LogP contribution in [0.1, 0.15) is 11.6 Å². The first kappa shape index (κ1) is 11.9. The fraction of sp³-hybridized carbons (Fsp3) is 0.250. The minimum atomic E-state index is -0.419. The van der Waals surface area contributed by atoms with Gasteiger partial charge in [-0.15, -0.1) is 6.58 Å². The standard InChI is InChI=1S/C12H13ClFN3/c1-2-5-17-11(7-16-12(17)15)8-3-4-10(14)9(13)6-8/h2-4,6,11H,1,5,7H2,(H2,15,16). The lowest BCUT2D eigenvalue weighted by molar-refractivity contribution is 0.380. The van der Waals surface area contributed by atoms with Gasteiger partial charge in [0, 0.05) is 6.54 Å². The molecule has 17 heavy (non-hydrogen) atoms. The molecule has 1 aliphatic heterocycles. The summed E-state index contributed by atoms with van der Waals surface area (Å²) in [7, 11) is 0. The number of aliphatic imine (C=N–C) groups is 1. The van der Waals surface area contributed by atoms with E-state index in [1.807, 2.05) is 4.90 Å². The molecule has 1 aromatic carbocycles. The van der Waals surface area contributed by atoms with Crippen molar-refractivity contribution in [1.82, 2.24) is 4.90 Å². The van der Waals surface area contributed by atoms with Gasteiger partial charge in [-0.2, -0.15) is 0 Å². The lowest BCUT2D eigenvalue weighted by Gasteiger charge is -2.25. The molecule has 3 nitrogen and oxygen atoms in total. The number of benzene rings is 1. The molecule has 1 heterocycles. The monoisotopic (exact) mass is 253 g/mol. The van der Waals surface area contributed by atoms with Gasteiger partial charge in [0.15, 0.2) is 5.96 Å². The number of nitrogens with zero attached hydrogens (tertiary/aromatic N) is 2. The van der Waals surface area contributed by atoms with Crippen LogP contribution in [0.2, 0.25) is 5.02 Å². The zero-order valence-electron chi connectivity index (χ0n) is 9.24. The predicted molar refractivity (Wildman–Crippen MR) is 67.5 cm³/mol. The minimum absolute atomic E-state index is 0.00565. The van der Waals surface area contributed by atoms with Crippen LogP contribution in [0.15, 0.2) is 35.8 Å². The molecule has 90 valence electrons. The second kappa shape index (κ2) is 4.75. The Labute approximate surface area is 104 Å². The Balaban J connectivity index is 2.27. The van der Waals surface area contributed by atoms with Crippen LogP contribution >= 0.6 is 11.6 Å². The number of guanidine groups is 1. The van der Waals surface area contributed by atoms with Gasteiger partial charge in [0.1, 0.15) is 5.82 Å². The Morgan fingerprint density at radius 1 is 1.65 bits per heavy atom. The summed E-state index contributed by atoms with van der Waals surface area (Å²) in [6.07, 6.45) is 1.76. The van der Waals surface area contributed by atoms with Crippen LogP contribution in [0.25, 0.3) is 0 Å². The maximum Gasteiger partial charge on any atom is 0.192 e. The maximum absolute atomic E-state index is 13.1. The Morgan fingerprint density at radius 3 is 3.06 bits per heavy atom. The van der Waals surface area contributed by atoms with Crippen molar-refractivity contribution in [1.29, 1.82) is 0 Å². The van der Waals surface area contributed by atoms with Gasteiger partial charge >= 0.3 is 0 Å². The van der Waals surface area contributed by atoms with Gasteiger partial charge in [-0.3, -0.25) is 4.99 Å². The number of rotatable bonds is 3. The summed E-state index contributed by atoms with van der Waals surface area (Å²) in [5.41, 5.74) is 6.69. The SMILES string of the molecule is C=CCN1C(N)=NCC1c1ccc(F)c(Cl)c1. The largest absolute Gasteiger partial charge is 0.370 e. The first-order valence-electron chi connectivity index (χ1n) is 5.26. The molecule has 2 rings (SSSR count). The molecule has 1 atom stereocenters. The third-order valence-corrected chi connectivity index (χ3v) is 3.04. The van der Waals surface area contributed by atoms with E-state index in [1.54, 1.807) is 18.2 Å². The summed E-state index contributed by atoms with van der Waals surface area (Å²) in [4.78, 5) is 6.10. The summed E-state index contributed by atoms with van der Waals surface area (Å²) in [6, 6.07) is 4.69. The molecule has 0 saturated heterocycles. The topological polar surface area (TPSA) is 41.6 Å². The zero-order chi connectivity index (χ0) is 12.4. The molecular formula is C12H13ClFN3. The number of halogens is 2. The maximum atomic E-state index is 13.1. The van der Waals surface area contributed by atoms with Crippen LogP contribution < -0.4 is 5.73 Å². The van der Waals surface area contributed by atoms with Crippen molar-refractivity contribution in [2.24, 2.45) is 10.7 Å². The molecule has 0 spiro atoms. The summed E-state index contributed by atoms with van der Waals surface area (Å²) in [6.45, 7) is 4.84. The summed E-state index contributed by atoms with van der Waals surface area (Å²) in [5, 5.41) is 0.117. The molecule has 1 aromatic rings. The molecule has 0 aromatic heterocycles. The van der Waals surface area contributed by atoms with Crippen LogP contribution in [0, 0.1) is 5.82 Å². The van der Waals surface area contributed by atoms with Crippen molar-refractivity contribution in [3.8, 4) is 0 Å². The highest BCUT2D eigenvalue weighted by atomic mass is 35.5. The van der Waals surface area contributed by atoms with Gasteiger partial charge in [-0.05, 0) is 17.7 Å². The molecule has 0 saturated carbocycles. The minimum Gasteiger partial charge on any atom is -0.370 e. The van der Waals surface area contributed by atoms with E-state index in [4.69, 9.17) is 17.3 Å². The lowest BCUT2D eigenvalue weighted by atomic mass is 10.1. The second-order valence-electron chi connectivity index (χ2n) is 3.83. The second-order valence-corrected chi connectivity index (χ2v) is 4.24. The highest BCUT2D eigenvalue weighted by Crippen LogP contribution is 2.28. The van der Waals surface area contributed by atoms with Crippen molar-refractivity contribution in [3.63, 3.8) is 0 Å². The molecule has 0 aliphatic carbocycles. The number of hydrogen-bond acceptors (Lipinski definition) is 3. The molecule has 0 bridgehead atoms. The Morgan fingerprint density at radius 2 is 2.41 bits per heavy atom. The lowest BCUT2D eigenvalue weighted by Crippen LogP contribution is -2.36. The Bertz CT molecular complexity index is 473. The zero-order valence-corrected chi connectivity index (χ0v) is 9.99. The average molecular weight is 254 g/mol. The smallest absolute Gasteiger partial charge is 0.192 e. The van der Waals surface area contributed by atoms with Crippen LogP contribution in [0.4, 0.5) is 4.39 Å². The Kier molecular flexibility index (Phi) is 3.33. The van der Waals surface area contributed by atoms with Crippen molar-refractivity contribution >= 4 is 17.6 Å². The fourth-order valence-corrected chi connectivity index (χ4v) is 2.08. The predicted octanol–water partition coefficient (Wildman–Crippen LogP) is 2.34. The molecule has 5 heteroatoms. The molecular weight excluding hydrogens is 241 g/mol. The summed E-state index contributed by atoms with van der Waals surface area (Å²) in [5.74, 6) is 0.0629. The van der Waals surface area contributed by atoms with Crippen LogP contribution in [0.5, 0.6) is 0 Å². The van der Waals surface area contributed by atoms with E-state index in [-0.39, 0.29) is 11.1 Å². The van der Waals surface area contributed by atoms with Crippen LogP contribution in [0.3, 0.4) is 0 Å². The van der Waals surface area contributed by atoms with Gasteiger partial charge in [-0.1, -0.05) is 23.7 Å². The van der Waals surface area contributed by atoms with Crippen molar-refractivity contribution in [2.75, 3.05) is 13.1 Å². The number of nitrogens with two attached hydrogens (primary N) is 1. The first-order valence-corrected chi connectivity index (χ1v) is 5.63. The van der Waals surface area contributed by atoms with Crippen molar-refractivity contribution < 1.29 is 4.39 Å². The molecule has 0 fully saturated rings. The fourth-order valence-electron chi connectivity index (χ4n) is 1.89. The average Bonchev–Trinajstić information content (AvgIpc) is 2.66. The molecule has 1 unspecified atom stereocenters. The summed E-state index contributed by atoms with van der Waals surface area (Å²) >= 11 is 5.77. The molecule has 1 aliphatic rings. The number of hydrogen-bond donors (Lipinski definition) is 1. The first-order chi connectivity index (χ1) is 8.13. The van der Waals surface area contributed by atoms with E-state index >= 15 is 0 Å². The highest BCUT2D eigenvalue weighted by molar-refractivity contribution is 6.30. The van der Waals surface area contributed by atoms with Gasteiger partial charge < -0.3 is 10.6 Å². The van der Waals surface area contributed by atoms with E-state index in [0.29, 0.717) is 19.0 Å². The normalized spacial score (nSPS) is 19.3. The third kappa shape index (κ3) is 2.26. The van der Waals surface area contributed by atoms with E-state index in [9.17, 15) is 4.39 Å². The third-order valence-electron chi connectivity index (χ3n) is 2.75. The summed E-state index contributed by atoms with van der Waals surface area (Å²) < 4.78 is 13.1. The van der Waals surface area contributed by atoms with E-state index < -0.39 is 5.82 Å². The van der Waals surface area contributed by atoms with Gasteiger partial charge in [0.2, 0.25) is 0 Å². The van der Waals surface area contributed by atoms with Crippen LogP contribution in [-0.4, -0.2) is 23.9 Å². The van der Waals surface area contributed by atoms with Crippen molar-refractivity contribution in [3.05, 3.63) is 47.3 Å². The highest BCUT2D eigenvalue weighted by Gasteiger charge is 2.26. The van der Waals surface area contributed by atoms with E-state index in [2.05, 4.69) is 11.6 Å². The van der Waals surface area contributed by atoms with E-state index in [1.165, 1.54) is 6.07 Å².